The van der Waals surface area contributed by atoms with Gasteiger partial charge in [-0.3, -0.25) is 14.6 Å². The van der Waals surface area contributed by atoms with E-state index < -0.39 is 0 Å². The average Bonchev–Trinajstić information content (AvgIpc) is 3.11. The lowest BCUT2D eigenvalue weighted by molar-refractivity contribution is -0.121. The number of nitrogens with one attached hydrogen (secondary N) is 1. The van der Waals surface area contributed by atoms with Crippen molar-refractivity contribution in [3.05, 3.63) is 46.2 Å². The minimum Gasteiger partial charge on any atom is -0.324 e. The van der Waals surface area contributed by atoms with E-state index in [-0.39, 0.29) is 17.8 Å². The van der Waals surface area contributed by atoms with E-state index in [2.05, 4.69) is 25.5 Å². The molecule has 2 heterocycles. The molecule has 1 fully saturated rings. The molecule has 1 aromatic heterocycles. The monoisotopic (exact) mass is 362 g/mol. The van der Waals surface area contributed by atoms with Gasteiger partial charge in [0.2, 0.25) is 5.91 Å². The van der Waals surface area contributed by atoms with Crippen molar-refractivity contribution in [3.8, 4) is 0 Å². The van der Waals surface area contributed by atoms with Crippen LogP contribution in [-0.2, 0) is 11.3 Å². The predicted octanol–water partition coefficient (Wildman–Crippen LogP) is 2.74. The van der Waals surface area contributed by atoms with Gasteiger partial charge in [0.05, 0.1) is 17.2 Å². The zero-order chi connectivity index (χ0) is 17.8. The predicted molar refractivity (Wildman–Crippen MR) is 98.2 cm³/mol. The maximum absolute atomic E-state index is 13.4. The second-order valence-electron chi connectivity index (χ2n) is 6.42. The third-order valence-corrected chi connectivity index (χ3v) is 5.30. The number of aryl methyl sites for hydroxylation is 1. The number of nitrogens with zero attached hydrogens (tertiary/aromatic N) is 3. The summed E-state index contributed by atoms with van der Waals surface area (Å²) in [6.07, 6.45) is 0. The van der Waals surface area contributed by atoms with E-state index in [1.165, 1.54) is 12.1 Å². The second kappa shape index (κ2) is 8.03. The molecule has 1 atom stereocenters. The third-order valence-electron chi connectivity index (χ3n) is 4.66. The first-order valence-electron chi connectivity index (χ1n) is 8.43. The first-order chi connectivity index (χ1) is 12.0. The van der Waals surface area contributed by atoms with Gasteiger partial charge in [0.15, 0.2) is 0 Å². The SMILES string of the molecule is Cc1ccc(F)cc1NC(=O)[C@@H](C)N1CCN(Cc2cscn2)CC1. The number of anilines is 1. The number of halogens is 1. The van der Waals surface area contributed by atoms with E-state index in [1.807, 2.05) is 19.4 Å². The Morgan fingerprint density at radius 3 is 2.80 bits per heavy atom. The fourth-order valence-corrected chi connectivity index (χ4v) is 3.53. The van der Waals surface area contributed by atoms with Crippen molar-refractivity contribution in [3.63, 3.8) is 0 Å². The van der Waals surface area contributed by atoms with Crippen LogP contribution in [0, 0.1) is 12.7 Å². The Balaban J connectivity index is 1.52. The number of aromatic nitrogens is 1. The lowest BCUT2D eigenvalue weighted by atomic mass is 10.1. The second-order valence-corrected chi connectivity index (χ2v) is 7.14. The molecular formula is C18H23FN4OS. The van der Waals surface area contributed by atoms with E-state index >= 15 is 0 Å². The normalized spacial score (nSPS) is 17.4. The van der Waals surface area contributed by atoms with Crippen molar-refractivity contribution in [2.45, 2.75) is 26.4 Å². The number of amides is 1. The van der Waals surface area contributed by atoms with Crippen LogP contribution in [-0.4, -0.2) is 52.9 Å². The Hall–Kier alpha value is -1.83. The summed E-state index contributed by atoms with van der Waals surface area (Å²) in [5.41, 5.74) is 4.35. The van der Waals surface area contributed by atoms with Gasteiger partial charge in [0.1, 0.15) is 5.82 Å². The molecule has 3 rings (SSSR count). The van der Waals surface area contributed by atoms with Crippen molar-refractivity contribution in [1.82, 2.24) is 14.8 Å². The van der Waals surface area contributed by atoms with Crippen LogP contribution in [0.4, 0.5) is 10.1 Å². The molecule has 0 aliphatic carbocycles. The van der Waals surface area contributed by atoms with Crippen LogP contribution in [0.15, 0.2) is 29.1 Å². The van der Waals surface area contributed by atoms with Gasteiger partial charge < -0.3 is 5.32 Å². The Kier molecular flexibility index (Phi) is 5.78. The molecule has 1 saturated heterocycles. The minimum atomic E-state index is -0.343. The highest BCUT2D eigenvalue weighted by atomic mass is 32.1. The summed E-state index contributed by atoms with van der Waals surface area (Å²) in [6, 6.07) is 4.19. The molecule has 0 bridgehead atoms. The van der Waals surface area contributed by atoms with Gasteiger partial charge in [-0.1, -0.05) is 6.07 Å². The minimum absolute atomic E-state index is 0.0957. The van der Waals surface area contributed by atoms with Crippen LogP contribution >= 0.6 is 11.3 Å². The van der Waals surface area contributed by atoms with Crippen LogP contribution in [0.1, 0.15) is 18.2 Å². The summed E-state index contributed by atoms with van der Waals surface area (Å²) >= 11 is 1.61. The Bertz CT molecular complexity index is 714. The smallest absolute Gasteiger partial charge is 0.241 e. The number of thiazole rings is 1. The molecule has 5 nitrogen and oxygen atoms in total. The number of hydrogen-bond donors (Lipinski definition) is 1. The van der Waals surface area contributed by atoms with Crippen molar-refractivity contribution in [2.24, 2.45) is 0 Å². The standard InChI is InChI=1S/C18H23FN4OS/c1-13-3-4-15(19)9-17(13)21-18(24)14(2)23-7-5-22(6-8-23)10-16-11-25-12-20-16/h3-4,9,11-12,14H,5-8,10H2,1-2H3,(H,21,24)/t14-/m1/s1. The largest absolute Gasteiger partial charge is 0.324 e. The highest BCUT2D eigenvalue weighted by molar-refractivity contribution is 7.07. The average molecular weight is 362 g/mol. The van der Waals surface area contributed by atoms with Gasteiger partial charge in [-0.25, -0.2) is 9.37 Å². The molecule has 1 amide bonds. The zero-order valence-electron chi connectivity index (χ0n) is 14.5. The molecule has 2 aromatic rings. The van der Waals surface area contributed by atoms with Crippen LogP contribution in [0.2, 0.25) is 0 Å². The lowest BCUT2D eigenvalue weighted by Crippen LogP contribution is -2.52. The molecule has 1 aliphatic rings. The number of carbonyl (C=O) groups excluding carboxylic acids is 1. The molecule has 134 valence electrons. The molecule has 1 aliphatic heterocycles. The van der Waals surface area contributed by atoms with Gasteiger partial charge in [-0.15, -0.1) is 11.3 Å². The summed E-state index contributed by atoms with van der Waals surface area (Å²) in [5.74, 6) is -0.439. The van der Waals surface area contributed by atoms with Crippen LogP contribution < -0.4 is 5.32 Å². The third kappa shape index (κ3) is 4.62. The number of piperazine rings is 1. The molecule has 0 unspecified atom stereocenters. The van der Waals surface area contributed by atoms with E-state index in [1.54, 1.807) is 17.4 Å². The van der Waals surface area contributed by atoms with E-state index in [9.17, 15) is 9.18 Å². The summed E-state index contributed by atoms with van der Waals surface area (Å²) < 4.78 is 13.4. The van der Waals surface area contributed by atoms with Crippen molar-refractivity contribution in [2.75, 3.05) is 31.5 Å². The van der Waals surface area contributed by atoms with Gasteiger partial charge in [0, 0.05) is 43.8 Å². The number of carbonyl (C=O) groups is 1. The fourth-order valence-electron chi connectivity index (χ4n) is 2.99. The van der Waals surface area contributed by atoms with E-state index in [0.717, 1.165) is 44.0 Å². The van der Waals surface area contributed by atoms with Gasteiger partial charge in [-0.05, 0) is 31.5 Å². The maximum atomic E-state index is 13.4. The van der Waals surface area contributed by atoms with E-state index in [0.29, 0.717) is 5.69 Å². The van der Waals surface area contributed by atoms with Crippen LogP contribution in [0.5, 0.6) is 0 Å². The molecular weight excluding hydrogens is 339 g/mol. The van der Waals surface area contributed by atoms with Gasteiger partial charge in [-0.2, -0.15) is 0 Å². The molecule has 0 saturated carbocycles. The van der Waals surface area contributed by atoms with Crippen molar-refractivity contribution >= 4 is 22.9 Å². The maximum Gasteiger partial charge on any atom is 0.241 e. The first-order valence-corrected chi connectivity index (χ1v) is 9.37. The molecule has 25 heavy (non-hydrogen) atoms. The summed E-state index contributed by atoms with van der Waals surface area (Å²) in [7, 11) is 0. The topological polar surface area (TPSA) is 48.5 Å². The number of hydrogen-bond acceptors (Lipinski definition) is 5. The number of rotatable bonds is 5. The zero-order valence-corrected chi connectivity index (χ0v) is 15.4. The fraction of sp³-hybridized carbons (Fsp3) is 0.444. The number of benzene rings is 1. The Labute approximate surface area is 151 Å². The van der Waals surface area contributed by atoms with Crippen LogP contribution in [0.25, 0.3) is 0 Å². The molecule has 0 radical (unpaired) electrons. The first kappa shape index (κ1) is 18.0. The highest BCUT2D eigenvalue weighted by Gasteiger charge is 2.26. The van der Waals surface area contributed by atoms with E-state index in [4.69, 9.17) is 0 Å². The summed E-state index contributed by atoms with van der Waals surface area (Å²) in [5, 5.41) is 4.93. The molecule has 1 N–H and O–H groups in total. The summed E-state index contributed by atoms with van der Waals surface area (Å²) in [6.45, 7) is 8.11. The molecule has 7 heteroatoms. The Morgan fingerprint density at radius 2 is 2.12 bits per heavy atom. The highest BCUT2D eigenvalue weighted by Crippen LogP contribution is 2.17. The lowest BCUT2D eigenvalue weighted by Gasteiger charge is -2.37. The van der Waals surface area contributed by atoms with Gasteiger partial charge in [0.25, 0.3) is 0 Å². The summed E-state index contributed by atoms with van der Waals surface area (Å²) in [4.78, 5) is 21.4. The van der Waals surface area contributed by atoms with Crippen molar-refractivity contribution in [1.29, 1.82) is 0 Å². The quantitative estimate of drug-likeness (QED) is 0.889. The Morgan fingerprint density at radius 1 is 1.36 bits per heavy atom. The molecule has 1 aromatic carbocycles. The van der Waals surface area contributed by atoms with Crippen molar-refractivity contribution < 1.29 is 9.18 Å². The molecule has 0 spiro atoms. The van der Waals surface area contributed by atoms with Gasteiger partial charge >= 0.3 is 0 Å². The van der Waals surface area contributed by atoms with Crippen LogP contribution in [0.3, 0.4) is 0 Å².